The summed E-state index contributed by atoms with van der Waals surface area (Å²) >= 11 is 5.73. The Morgan fingerprint density at radius 3 is 3.17 bits per heavy atom. The molecule has 0 N–H and O–H groups in total. The maximum absolute atomic E-state index is 5.73. The zero-order valence-corrected chi connectivity index (χ0v) is 7.79. The molecule has 0 spiro atoms. The van der Waals surface area contributed by atoms with E-state index in [2.05, 4.69) is 4.90 Å². The van der Waals surface area contributed by atoms with Crippen LogP contribution < -0.4 is 0 Å². The van der Waals surface area contributed by atoms with Crippen molar-refractivity contribution in [2.75, 3.05) is 38.8 Å². The van der Waals surface area contributed by atoms with Crippen LogP contribution in [0.5, 0.6) is 0 Å². The van der Waals surface area contributed by atoms with E-state index in [1.54, 1.807) is 0 Å². The Hall–Kier alpha value is 0.170. The number of nitrogens with zero attached hydrogens (tertiary/aromatic N) is 1. The molecule has 0 aromatic rings. The van der Waals surface area contributed by atoms with E-state index in [-0.39, 0.29) is 6.10 Å². The summed E-state index contributed by atoms with van der Waals surface area (Å²) in [6.45, 7) is 4.44. The van der Waals surface area contributed by atoms with Gasteiger partial charge in [0.25, 0.3) is 0 Å². The number of fused-ring (bicyclic) bond motifs is 1. The van der Waals surface area contributed by atoms with Gasteiger partial charge in [0.2, 0.25) is 0 Å². The van der Waals surface area contributed by atoms with Crippen LogP contribution >= 0.6 is 11.6 Å². The zero-order chi connectivity index (χ0) is 8.39. The Morgan fingerprint density at radius 1 is 1.42 bits per heavy atom. The van der Waals surface area contributed by atoms with E-state index in [0.717, 1.165) is 32.9 Å². The topological polar surface area (TPSA) is 21.7 Å². The third-order valence-corrected chi connectivity index (χ3v) is 2.83. The standard InChI is InChI=1S/C8H14ClNO2/c9-3-8-4-10-1-2-11-5-7(10)6-12-8/h7-8H,1-6H2/t7-,8+/m0/s1. The summed E-state index contributed by atoms with van der Waals surface area (Å²) in [7, 11) is 0. The number of hydrogen-bond donors (Lipinski definition) is 0. The molecule has 2 heterocycles. The van der Waals surface area contributed by atoms with E-state index in [1.807, 2.05) is 0 Å². The second-order valence-electron chi connectivity index (χ2n) is 3.33. The van der Waals surface area contributed by atoms with Crippen molar-refractivity contribution in [1.29, 1.82) is 0 Å². The Balaban J connectivity index is 1.90. The SMILES string of the molecule is ClC[C@@H]1CN2CCOC[C@H]2CO1. The van der Waals surface area contributed by atoms with Gasteiger partial charge in [-0.05, 0) is 0 Å². The lowest BCUT2D eigenvalue weighted by Crippen LogP contribution is -2.55. The predicted octanol–water partition coefficient (Wildman–Crippen LogP) is 0.325. The second-order valence-corrected chi connectivity index (χ2v) is 3.64. The molecule has 12 heavy (non-hydrogen) atoms. The highest BCUT2D eigenvalue weighted by molar-refractivity contribution is 6.18. The maximum Gasteiger partial charge on any atom is 0.0837 e. The molecule has 0 aliphatic carbocycles. The van der Waals surface area contributed by atoms with Gasteiger partial charge in [-0.25, -0.2) is 0 Å². The minimum Gasteiger partial charge on any atom is -0.378 e. The average molecular weight is 192 g/mol. The van der Waals surface area contributed by atoms with Gasteiger partial charge in [0.1, 0.15) is 0 Å². The van der Waals surface area contributed by atoms with Crippen LogP contribution in [0.15, 0.2) is 0 Å². The summed E-state index contributed by atoms with van der Waals surface area (Å²) in [6, 6.07) is 0.471. The molecule has 2 fully saturated rings. The summed E-state index contributed by atoms with van der Waals surface area (Å²) in [5, 5.41) is 0. The molecule has 2 atom stereocenters. The number of halogens is 1. The molecule has 0 saturated carbocycles. The van der Waals surface area contributed by atoms with E-state index < -0.39 is 0 Å². The van der Waals surface area contributed by atoms with E-state index in [1.165, 1.54) is 0 Å². The molecule has 2 saturated heterocycles. The summed E-state index contributed by atoms with van der Waals surface area (Å²) in [4.78, 5) is 2.42. The molecule has 0 amide bonds. The monoisotopic (exact) mass is 191 g/mol. The fourth-order valence-corrected chi connectivity index (χ4v) is 1.92. The van der Waals surface area contributed by atoms with Gasteiger partial charge in [0.15, 0.2) is 0 Å². The van der Waals surface area contributed by atoms with Gasteiger partial charge in [-0.2, -0.15) is 0 Å². The third kappa shape index (κ3) is 1.74. The summed E-state index contributed by atoms with van der Waals surface area (Å²) < 4.78 is 10.9. The van der Waals surface area contributed by atoms with Crippen molar-refractivity contribution < 1.29 is 9.47 Å². The smallest absolute Gasteiger partial charge is 0.0837 e. The number of ether oxygens (including phenoxy) is 2. The molecule has 2 aliphatic rings. The first-order chi connectivity index (χ1) is 5.90. The molecule has 0 aromatic carbocycles. The maximum atomic E-state index is 5.73. The molecule has 0 unspecified atom stereocenters. The lowest BCUT2D eigenvalue weighted by atomic mass is 10.2. The van der Waals surface area contributed by atoms with Crippen molar-refractivity contribution in [3.63, 3.8) is 0 Å². The van der Waals surface area contributed by atoms with Gasteiger partial charge in [-0.1, -0.05) is 0 Å². The number of morpholine rings is 2. The normalized spacial score (nSPS) is 37.8. The van der Waals surface area contributed by atoms with Crippen molar-refractivity contribution in [3.05, 3.63) is 0 Å². The van der Waals surface area contributed by atoms with E-state index >= 15 is 0 Å². The summed E-state index contributed by atoms with van der Waals surface area (Å²) in [5.41, 5.74) is 0. The molecular formula is C8H14ClNO2. The Labute approximate surface area is 77.6 Å². The van der Waals surface area contributed by atoms with Gasteiger partial charge in [0.05, 0.1) is 32.0 Å². The first kappa shape index (κ1) is 8.75. The van der Waals surface area contributed by atoms with Gasteiger partial charge in [0, 0.05) is 19.0 Å². The molecule has 4 heteroatoms. The molecule has 0 aromatic heterocycles. The average Bonchev–Trinajstić information content (AvgIpc) is 2.17. The molecule has 2 aliphatic heterocycles. The minimum atomic E-state index is 0.223. The molecule has 2 rings (SSSR count). The zero-order valence-electron chi connectivity index (χ0n) is 7.04. The summed E-state index contributed by atoms with van der Waals surface area (Å²) in [5.74, 6) is 0.601. The van der Waals surface area contributed by atoms with Crippen LogP contribution in [0, 0.1) is 0 Å². The lowest BCUT2D eigenvalue weighted by molar-refractivity contribution is -0.109. The fourth-order valence-electron chi connectivity index (χ4n) is 1.74. The van der Waals surface area contributed by atoms with E-state index in [0.29, 0.717) is 11.9 Å². The highest BCUT2D eigenvalue weighted by atomic mass is 35.5. The number of hydrogen-bond acceptors (Lipinski definition) is 3. The highest BCUT2D eigenvalue weighted by Crippen LogP contribution is 2.15. The summed E-state index contributed by atoms with van der Waals surface area (Å²) in [6.07, 6.45) is 0.223. The van der Waals surface area contributed by atoms with Crippen molar-refractivity contribution in [2.24, 2.45) is 0 Å². The highest BCUT2D eigenvalue weighted by Gasteiger charge is 2.30. The largest absolute Gasteiger partial charge is 0.378 e. The fraction of sp³-hybridized carbons (Fsp3) is 1.00. The third-order valence-electron chi connectivity index (χ3n) is 2.48. The van der Waals surface area contributed by atoms with E-state index in [9.17, 15) is 0 Å². The van der Waals surface area contributed by atoms with Crippen molar-refractivity contribution in [1.82, 2.24) is 4.90 Å². The van der Waals surface area contributed by atoms with Crippen LogP contribution in [0.4, 0.5) is 0 Å². The molecule has 0 bridgehead atoms. The molecular weight excluding hydrogens is 178 g/mol. The van der Waals surface area contributed by atoms with Crippen molar-refractivity contribution in [2.45, 2.75) is 12.1 Å². The Bertz CT molecular complexity index is 156. The molecule has 0 radical (unpaired) electrons. The Kier molecular flexibility index (Phi) is 2.86. The molecule has 3 nitrogen and oxygen atoms in total. The number of rotatable bonds is 1. The first-order valence-corrected chi connectivity index (χ1v) is 4.93. The van der Waals surface area contributed by atoms with Crippen LogP contribution in [-0.2, 0) is 9.47 Å². The first-order valence-electron chi connectivity index (χ1n) is 4.39. The number of alkyl halides is 1. The quantitative estimate of drug-likeness (QED) is 0.558. The van der Waals surface area contributed by atoms with Crippen LogP contribution in [0.3, 0.4) is 0 Å². The minimum absolute atomic E-state index is 0.223. The predicted molar refractivity (Wildman–Crippen MR) is 46.6 cm³/mol. The van der Waals surface area contributed by atoms with Crippen LogP contribution in [-0.4, -0.2) is 55.8 Å². The van der Waals surface area contributed by atoms with Crippen molar-refractivity contribution >= 4 is 11.6 Å². The van der Waals surface area contributed by atoms with Gasteiger partial charge < -0.3 is 9.47 Å². The second kappa shape index (κ2) is 3.92. The van der Waals surface area contributed by atoms with E-state index in [4.69, 9.17) is 21.1 Å². The van der Waals surface area contributed by atoms with Crippen molar-refractivity contribution in [3.8, 4) is 0 Å². The van der Waals surface area contributed by atoms with Gasteiger partial charge in [-0.15, -0.1) is 11.6 Å². The van der Waals surface area contributed by atoms with Crippen LogP contribution in [0.2, 0.25) is 0 Å². The molecule has 70 valence electrons. The van der Waals surface area contributed by atoms with Gasteiger partial charge >= 0.3 is 0 Å². The van der Waals surface area contributed by atoms with Crippen LogP contribution in [0.25, 0.3) is 0 Å². The van der Waals surface area contributed by atoms with Crippen LogP contribution in [0.1, 0.15) is 0 Å². The lowest BCUT2D eigenvalue weighted by Gasteiger charge is -2.41. The Morgan fingerprint density at radius 2 is 2.33 bits per heavy atom. The van der Waals surface area contributed by atoms with Gasteiger partial charge in [-0.3, -0.25) is 4.90 Å².